The normalized spacial score (nSPS) is 33.4. The second kappa shape index (κ2) is 2.35. The van der Waals surface area contributed by atoms with Crippen LogP contribution in [0.25, 0.3) is 0 Å². The first-order valence-electron chi connectivity index (χ1n) is 3.10. The molecule has 0 amide bonds. The van der Waals surface area contributed by atoms with Crippen molar-refractivity contribution < 1.29 is 4.74 Å². The second-order valence-electron chi connectivity index (χ2n) is 2.48. The molecule has 0 radical (unpaired) electrons. The van der Waals surface area contributed by atoms with Crippen molar-refractivity contribution in [2.75, 3.05) is 7.11 Å². The number of hydrogen-bond acceptors (Lipinski definition) is 2. The quantitative estimate of drug-likeness (QED) is 0.416. The lowest BCUT2D eigenvalue weighted by atomic mass is 9.81. The van der Waals surface area contributed by atoms with Crippen LogP contribution in [0.15, 0.2) is 0 Å². The van der Waals surface area contributed by atoms with Crippen LogP contribution in [0.2, 0.25) is 0 Å². The minimum atomic E-state index is 0.301. The molecule has 1 fully saturated rings. The third-order valence-electron chi connectivity index (χ3n) is 1.87. The molecule has 52 valence electrons. The van der Waals surface area contributed by atoms with E-state index in [-0.39, 0.29) is 0 Å². The van der Waals surface area contributed by atoms with E-state index in [9.17, 15) is 0 Å². The average Bonchev–Trinajstić information content (AvgIpc) is 1.61. The molecule has 0 aliphatic heterocycles. The molecule has 9 heavy (non-hydrogen) atoms. The Morgan fingerprint density at radius 3 is 2.56 bits per heavy atom. The summed E-state index contributed by atoms with van der Waals surface area (Å²) >= 11 is 0. The van der Waals surface area contributed by atoms with Gasteiger partial charge in [-0.1, -0.05) is 0 Å². The predicted molar refractivity (Wildman–Crippen MR) is 35.4 cm³/mol. The van der Waals surface area contributed by atoms with Crippen LogP contribution in [0.3, 0.4) is 0 Å². The Balaban J connectivity index is 2.19. The number of nitrogens with two attached hydrogens (primary N) is 1. The van der Waals surface area contributed by atoms with Crippen molar-refractivity contribution in [3.05, 3.63) is 0 Å². The van der Waals surface area contributed by atoms with Crippen molar-refractivity contribution in [2.24, 2.45) is 11.7 Å². The molecule has 3 N–H and O–H groups in total. The Morgan fingerprint density at radius 1 is 1.67 bits per heavy atom. The van der Waals surface area contributed by atoms with Gasteiger partial charge in [-0.3, -0.25) is 5.41 Å². The van der Waals surface area contributed by atoms with Gasteiger partial charge < -0.3 is 10.5 Å². The fraction of sp³-hybridized carbons (Fsp3) is 0.833. The van der Waals surface area contributed by atoms with Crippen LogP contribution in [0, 0.1) is 11.3 Å². The number of methoxy groups -OCH3 is 1. The SMILES string of the molecule is COC1CC(C(=N)N)C1. The first-order valence-corrected chi connectivity index (χ1v) is 3.10. The van der Waals surface area contributed by atoms with Crippen molar-refractivity contribution in [3.63, 3.8) is 0 Å². The minimum absolute atomic E-state index is 0.301. The lowest BCUT2D eigenvalue weighted by molar-refractivity contribution is 0.0215. The Hall–Kier alpha value is -0.570. The van der Waals surface area contributed by atoms with Gasteiger partial charge in [0, 0.05) is 13.0 Å². The van der Waals surface area contributed by atoms with Gasteiger partial charge in [-0.05, 0) is 12.8 Å². The molecule has 0 saturated heterocycles. The molecule has 0 unspecified atom stereocenters. The third-order valence-corrected chi connectivity index (χ3v) is 1.87. The van der Waals surface area contributed by atoms with E-state index >= 15 is 0 Å². The van der Waals surface area contributed by atoms with Crippen molar-refractivity contribution in [3.8, 4) is 0 Å². The molecular weight excluding hydrogens is 116 g/mol. The van der Waals surface area contributed by atoms with Crippen LogP contribution in [0.4, 0.5) is 0 Å². The fourth-order valence-corrected chi connectivity index (χ4v) is 1.01. The Labute approximate surface area is 54.7 Å². The first-order chi connectivity index (χ1) is 4.24. The zero-order chi connectivity index (χ0) is 6.85. The van der Waals surface area contributed by atoms with Gasteiger partial charge in [-0.15, -0.1) is 0 Å². The lowest BCUT2D eigenvalue weighted by Crippen LogP contribution is -2.38. The fourth-order valence-electron chi connectivity index (χ4n) is 1.01. The summed E-state index contributed by atoms with van der Waals surface area (Å²) in [6, 6.07) is 0. The van der Waals surface area contributed by atoms with Gasteiger partial charge >= 0.3 is 0 Å². The smallest absolute Gasteiger partial charge is 0.0938 e. The molecule has 3 heteroatoms. The van der Waals surface area contributed by atoms with Crippen LogP contribution in [0.1, 0.15) is 12.8 Å². The zero-order valence-corrected chi connectivity index (χ0v) is 5.55. The summed E-state index contributed by atoms with van der Waals surface area (Å²) in [5.74, 6) is 0.609. The Bertz CT molecular complexity index is 118. The molecule has 0 spiro atoms. The van der Waals surface area contributed by atoms with Gasteiger partial charge in [-0.25, -0.2) is 0 Å². The highest BCUT2D eigenvalue weighted by atomic mass is 16.5. The van der Waals surface area contributed by atoms with Gasteiger partial charge in [0.1, 0.15) is 0 Å². The molecule has 0 bridgehead atoms. The maximum absolute atomic E-state index is 7.04. The first kappa shape index (κ1) is 6.55. The number of ether oxygens (including phenoxy) is 1. The van der Waals surface area contributed by atoms with E-state index < -0.39 is 0 Å². The van der Waals surface area contributed by atoms with E-state index in [1.807, 2.05) is 0 Å². The Morgan fingerprint density at radius 2 is 2.22 bits per heavy atom. The Kier molecular flexibility index (Phi) is 1.71. The van der Waals surface area contributed by atoms with Gasteiger partial charge in [0.25, 0.3) is 0 Å². The average molecular weight is 128 g/mol. The van der Waals surface area contributed by atoms with Crippen molar-refractivity contribution >= 4 is 5.84 Å². The zero-order valence-electron chi connectivity index (χ0n) is 5.55. The van der Waals surface area contributed by atoms with Gasteiger partial charge in [0.2, 0.25) is 0 Å². The number of nitrogens with one attached hydrogen (secondary N) is 1. The van der Waals surface area contributed by atoms with Crippen molar-refractivity contribution in [1.29, 1.82) is 5.41 Å². The van der Waals surface area contributed by atoms with Crippen LogP contribution in [0.5, 0.6) is 0 Å². The standard InChI is InChI=1S/C6H12N2O/c1-9-5-2-4(3-5)6(7)8/h4-5H,2-3H2,1H3,(H3,7,8). The van der Waals surface area contributed by atoms with Crippen molar-refractivity contribution in [2.45, 2.75) is 18.9 Å². The van der Waals surface area contributed by atoms with E-state index in [1.54, 1.807) is 7.11 Å². The maximum Gasteiger partial charge on any atom is 0.0938 e. The molecule has 0 atom stereocenters. The summed E-state index contributed by atoms with van der Waals surface area (Å²) in [5, 5.41) is 7.04. The molecule has 1 aliphatic carbocycles. The summed E-state index contributed by atoms with van der Waals surface area (Å²) in [6.07, 6.45) is 2.23. The van der Waals surface area contributed by atoms with Gasteiger partial charge in [0.05, 0.1) is 11.9 Å². The highest BCUT2D eigenvalue weighted by Crippen LogP contribution is 2.28. The summed E-state index contributed by atoms with van der Waals surface area (Å²) in [5.41, 5.74) is 5.24. The van der Waals surface area contributed by atoms with E-state index in [4.69, 9.17) is 15.9 Å². The molecule has 0 aromatic carbocycles. The lowest BCUT2D eigenvalue weighted by Gasteiger charge is -2.32. The van der Waals surface area contributed by atoms with Crippen LogP contribution >= 0.6 is 0 Å². The summed E-state index contributed by atoms with van der Waals surface area (Å²) in [4.78, 5) is 0. The van der Waals surface area contributed by atoms with E-state index in [2.05, 4.69) is 0 Å². The highest BCUT2D eigenvalue weighted by molar-refractivity contribution is 5.80. The predicted octanol–water partition coefficient (Wildman–Crippen LogP) is 0.347. The molecule has 0 aromatic heterocycles. The van der Waals surface area contributed by atoms with Crippen LogP contribution in [-0.2, 0) is 4.74 Å². The number of amidine groups is 1. The second-order valence-corrected chi connectivity index (χ2v) is 2.48. The largest absolute Gasteiger partial charge is 0.387 e. The number of rotatable bonds is 2. The van der Waals surface area contributed by atoms with Crippen LogP contribution in [-0.4, -0.2) is 19.0 Å². The van der Waals surface area contributed by atoms with E-state index in [0.717, 1.165) is 12.8 Å². The molecule has 0 heterocycles. The molecule has 0 aromatic rings. The van der Waals surface area contributed by atoms with Crippen molar-refractivity contribution in [1.82, 2.24) is 0 Å². The third kappa shape index (κ3) is 1.21. The minimum Gasteiger partial charge on any atom is -0.387 e. The molecule has 1 rings (SSSR count). The van der Waals surface area contributed by atoms with Gasteiger partial charge in [0.15, 0.2) is 0 Å². The summed E-state index contributed by atoms with van der Waals surface area (Å²) in [7, 11) is 1.70. The highest BCUT2D eigenvalue weighted by Gasteiger charge is 2.30. The van der Waals surface area contributed by atoms with Crippen LogP contribution < -0.4 is 5.73 Å². The summed E-state index contributed by atoms with van der Waals surface area (Å²) in [6.45, 7) is 0. The monoisotopic (exact) mass is 128 g/mol. The maximum atomic E-state index is 7.04. The number of hydrogen-bond donors (Lipinski definition) is 2. The molecule has 3 nitrogen and oxygen atoms in total. The van der Waals surface area contributed by atoms with E-state index in [1.165, 1.54) is 0 Å². The van der Waals surface area contributed by atoms with E-state index in [0.29, 0.717) is 17.9 Å². The summed E-state index contributed by atoms with van der Waals surface area (Å²) < 4.78 is 5.01. The molecule has 1 saturated carbocycles. The molecular formula is C6H12N2O. The topological polar surface area (TPSA) is 59.1 Å². The van der Waals surface area contributed by atoms with Gasteiger partial charge in [-0.2, -0.15) is 0 Å². The molecule has 1 aliphatic rings.